The molecule has 1 fully saturated rings. The molecule has 0 heterocycles. The fourth-order valence-corrected chi connectivity index (χ4v) is 5.03. The van der Waals surface area contributed by atoms with E-state index in [0.29, 0.717) is 10.8 Å². The van der Waals surface area contributed by atoms with Crippen LogP contribution in [0.1, 0.15) is 59.8 Å². The highest BCUT2D eigenvalue weighted by atomic mass is 14.6. The highest BCUT2D eigenvalue weighted by molar-refractivity contribution is 5.40. The van der Waals surface area contributed by atoms with Crippen molar-refractivity contribution >= 4 is 0 Å². The Hall–Kier alpha value is -0.260. The minimum absolute atomic E-state index is 0.517. The lowest BCUT2D eigenvalue weighted by molar-refractivity contribution is 0.284. The molecule has 1 saturated carbocycles. The lowest BCUT2D eigenvalue weighted by atomic mass is 9.73. The second-order valence-electron chi connectivity index (χ2n) is 7.17. The first-order chi connectivity index (χ1) is 6.94. The van der Waals surface area contributed by atoms with Crippen molar-refractivity contribution < 1.29 is 0 Å². The second kappa shape index (κ2) is 2.70. The molecule has 0 aliphatic heterocycles. The van der Waals surface area contributed by atoms with Gasteiger partial charge in [-0.25, -0.2) is 0 Å². The average molecular weight is 204 g/mol. The Labute approximate surface area is 94.1 Å². The lowest BCUT2D eigenvalue weighted by Crippen LogP contribution is -2.20. The van der Waals surface area contributed by atoms with Crippen LogP contribution >= 0.6 is 0 Å². The van der Waals surface area contributed by atoms with Crippen LogP contribution in [0.15, 0.2) is 11.1 Å². The summed E-state index contributed by atoms with van der Waals surface area (Å²) in [4.78, 5) is 0. The predicted molar refractivity (Wildman–Crippen MR) is 64.7 cm³/mol. The molecule has 3 aliphatic rings. The van der Waals surface area contributed by atoms with Crippen LogP contribution < -0.4 is 0 Å². The van der Waals surface area contributed by atoms with Crippen molar-refractivity contribution in [2.45, 2.75) is 59.8 Å². The van der Waals surface area contributed by atoms with E-state index in [1.807, 2.05) is 11.1 Å². The zero-order valence-electron chi connectivity index (χ0n) is 10.7. The normalized spacial score (nSPS) is 47.2. The quantitative estimate of drug-likeness (QED) is 0.507. The highest BCUT2D eigenvalue weighted by Crippen LogP contribution is 2.66. The summed E-state index contributed by atoms with van der Waals surface area (Å²) >= 11 is 0. The Kier molecular flexibility index (Phi) is 1.79. The van der Waals surface area contributed by atoms with Gasteiger partial charge in [0, 0.05) is 0 Å². The Morgan fingerprint density at radius 3 is 2.60 bits per heavy atom. The topological polar surface area (TPSA) is 0 Å². The summed E-state index contributed by atoms with van der Waals surface area (Å²) in [5.41, 5.74) is 4.90. The van der Waals surface area contributed by atoms with Gasteiger partial charge in [0.05, 0.1) is 0 Å². The minimum Gasteiger partial charge on any atom is -0.0645 e. The predicted octanol–water partition coefficient (Wildman–Crippen LogP) is 4.56. The van der Waals surface area contributed by atoms with Crippen molar-refractivity contribution in [3.05, 3.63) is 11.1 Å². The van der Waals surface area contributed by atoms with Gasteiger partial charge in [0.1, 0.15) is 0 Å². The molecule has 0 nitrogen and oxygen atoms in total. The standard InChI is InChI=1S/C15H24/c1-10-5-6-12-13-11(10)7-8-15(13,4)9-14(12,2)3/h10-11H,5-9H2,1-4H3/t10-,11+,15+/m1/s1. The molecule has 0 N–H and O–H groups in total. The zero-order chi connectivity index (χ0) is 10.8. The van der Waals surface area contributed by atoms with Gasteiger partial charge in [0.25, 0.3) is 0 Å². The average Bonchev–Trinajstić information content (AvgIpc) is 2.53. The molecule has 0 amide bonds. The summed E-state index contributed by atoms with van der Waals surface area (Å²) < 4.78 is 0. The van der Waals surface area contributed by atoms with Crippen molar-refractivity contribution in [2.75, 3.05) is 0 Å². The molecule has 0 saturated heterocycles. The van der Waals surface area contributed by atoms with E-state index in [-0.39, 0.29) is 0 Å². The van der Waals surface area contributed by atoms with E-state index in [0.717, 1.165) is 11.8 Å². The van der Waals surface area contributed by atoms with Crippen LogP contribution in [0.3, 0.4) is 0 Å². The zero-order valence-corrected chi connectivity index (χ0v) is 10.7. The summed E-state index contributed by atoms with van der Waals surface area (Å²) in [6, 6.07) is 0. The van der Waals surface area contributed by atoms with Crippen LogP contribution in [-0.4, -0.2) is 0 Å². The lowest BCUT2D eigenvalue weighted by Gasteiger charge is -2.32. The van der Waals surface area contributed by atoms with Crippen LogP contribution in [0.4, 0.5) is 0 Å². The third-order valence-electron chi connectivity index (χ3n) is 5.54. The Morgan fingerprint density at radius 1 is 1.13 bits per heavy atom. The molecule has 3 atom stereocenters. The molecule has 0 spiro atoms. The van der Waals surface area contributed by atoms with E-state index in [9.17, 15) is 0 Å². The molecule has 0 aromatic carbocycles. The van der Waals surface area contributed by atoms with Crippen molar-refractivity contribution in [3.8, 4) is 0 Å². The van der Waals surface area contributed by atoms with E-state index >= 15 is 0 Å². The number of rotatable bonds is 0. The monoisotopic (exact) mass is 204 g/mol. The van der Waals surface area contributed by atoms with Crippen LogP contribution in [0, 0.1) is 22.7 Å². The molecular formula is C15H24. The molecule has 3 rings (SSSR count). The fraction of sp³-hybridized carbons (Fsp3) is 0.867. The van der Waals surface area contributed by atoms with Gasteiger partial charge in [-0.15, -0.1) is 0 Å². The van der Waals surface area contributed by atoms with E-state index in [1.54, 1.807) is 0 Å². The van der Waals surface area contributed by atoms with Crippen LogP contribution in [0.25, 0.3) is 0 Å². The van der Waals surface area contributed by atoms with Gasteiger partial charge in [-0.3, -0.25) is 0 Å². The van der Waals surface area contributed by atoms with Gasteiger partial charge in [0.2, 0.25) is 0 Å². The molecule has 84 valence electrons. The Bertz CT molecular complexity index is 334. The summed E-state index contributed by atoms with van der Waals surface area (Å²) in [5.74, 6) is 1.92. The molecule has 0 aromatic heterocycles. The van der Waals surface area contributed by atoms with Gasteiger partial charge in [-0.1, -0.05) is 38.8 Å². The third kappa shape index (κ3) is 1.14. The number of hydrogen-bond acceptors (Lipinski definition) is 0. The second-order valence-corrected chi connectivity index (χ2v) is 7.17. The van der Waals surface area contributed by atoms with Gasteiger partial charge < -0.3 is 0 Å². The molecule has 0 heteroatoms. The van der Waals surface area contributed by atoms with Crippen molar-refractivity contribution in [3.63, 3.8) is 0 Å². The van der Waals surface area contributed by atoms with Gasteiger partial charge in [-0.05, 0) is 54.8 Å². The molecule has 0 aromatic rings. The van der Waals surface area contributed by atoms with E-state index in [4.69, 9.17) is 0 Å². The highest BCUT2D eigenvalue weighted by Gasteiger charge is 2.54. The summed E-state index contributed by atoms with van der Waals surface area (Å²) in [7, 11) is 0. The molecule has 3 aliphatic carbocycles. The molecule has 0 unspecified atom stereocenters. The van der Waals surface area contributed by atoms with Gasteiger partial charge in [-0.2, -0.15) is 0 Å². The third-order valence-corrected chi connectivity index (χ3v) is 5.54. The smallest absolute Gasteiger partial charge is 0.0102 e. The Morgan fingerprint density at radius 2 is 1.87 bits per heavy atom. The van der Waals surface area contributed by atoms with Crippen molar-refractivity contribution in [1.82, 2.24) is 0 Å². The first-order valence-corrected chi connectivity index (χ1v) is 6.68. The number of allylic oxidation sites excluding steroid dienone is 2. The summed E-state index contributed by atoms with van der Waals surface area (Å²) in [6.07, 6.45) is 7.21. The van der Waals surface area contributed by atoms with Gasteiger partial charge >= 0.3 is 0 Å². The van der Waals surface area contributed by atoms with Crippen molar-refractivity contribution in [1.29, 1.82) is 0 Å². The van der Waals surface area contributed by atoms with Crippen LogP contribution in [0.5, 0.6) is 0 Å². The Balaban J connectivity index is 2.14. The van der Waals surface area contributed by atoms with E-state index in [1.165, 1.54) is 32.1 Å². The molecule has 0 bridgehead atoms. The SMILES string of the molecule is C[C@@H]1CCC2=C3[C@H]1CC[C@@]3(C)CC2(C)C. The summed E-state index contributed by atoms with van der Waals surface area (Å²) in [5, 5.41) is 0. The van der Waals surface area contributed by atoms with Crippen LogP contribution in [0.2, 0.25) is 0 Å². The number of hydrogen-bond donors (Lipinski definition) is 0. The first kappa shape index (κ1) is 9.93. The maximum Gasteiger partial charge on any atom is -0.0102 e. The molecule has 15 heavy (non-hydrogen) atoms. The maximum absolute atomic E-state index is 2.54. The van der Waals surface area contributed by atoms with E-state index < -0.39 is 0 Å². The minimum atomic E-state index is 0.517. The summed E-state index contributed by atoms with van der Waals surface area (Å²) in [6.45, 7) is 9.97. The molecule has 0 radical (unpaired) electrons. The first-order valence-electron chi connectivity index (χ1n) is 6.68. The van der Waals surface area contributed by atoms with Crippen molar-refractivity contribution in [2.24, 2.45) is 22.7 Å². The van der Waals surface area contributed by atoms with Gasteiger partial charge in [0.15, 0.2) is 0 Å². The maximum atomic E-state index is 2.54. The fourth-order valence-electron chi connectivity index (χ4n) is 5.03. The van der Waals surface area contributed by atoms with E-state index in [2.05, 4.69) is 27.7 Å². The molecular weight excluding hydrogens is 180 g/mol. The van der Waals surface area contributed by atoms with Crippen LogP contribution in [-0.2, 0) is 0 Å². The largest absolute Gasteiger partial charge is 0.0645 e.